The topological polar surface area (TPSA) is 90.7 Å². The number of nitrogens with zero attached hydrogens (tertiary/aromatic N) is 3. The van der Waals surface area contributed by atoms with Gasteiger partial charge in [0.25, 0.3) is 17.4 Å². The van der Waals surface area contributed by atoms with Gasteiger partial charge in [-0.2, -0.15) is 0 Å². The predicted octanol–water partition coefficient (Wildman–Crippen LogP) is 5.49. The van der Waals surface area contributed by atoms with Crippen molar-refractivity contribution in [1.29, 1.82) is 0 Å². The Bertz CT molecular complexity index is 1690. The maximum Gasteiger partial charge on any atom is 0.261 e. The van der Waals surface area contributed by atoms with Crippen LogP contribution in [0.1, 0.15) is 59.2 Å². The summed E-state index contributed by atoms with van der Waals surface area (Å²) >= 11 is 0. The molecule has 5 rings (SSSR count). The summed E-state index contributed by atoms with van der Waals surface area (Å²) in [5, 5.41) is 2.35. The molecule has 2 atom stereocenters. The maximum atomic E-state index is 13.2. The summed E-state index contributed by atoms with van der Waals surface area (Å²) in [6, 6.07) is 12.4. The van der Waals surface area contributed by atoms with Crippen LogP contribution in [0.3, 0.4) is 0 Å². The zero-order valence-corrected chi connectivity index (χ0v) is 23.4. The van der Waals surface area contributed by atoms with Crippen molar-refractivity contribution in [3.05, 3.63) is 87.7 Å². The highest BCUT2D eigenvalue weighted by molar-refractivity contribution is 6.21. The molecule has 2 aromatic carbocycles. The van der Waals surface area contributed by atoms with Gasteiger partial charge in [0, 0.05) is 36.3 Å². The smallest absolute Gasteiger partial charge is 0.261 e. The summed E-state index contributed by atoms with van der Waals surface area (Å²) in [5.74, 6) is 0.145. The number of amides is 2. The van der Waals surface area contributed by atoms with Crippen LogP contribution in [0.2, 0.25) is 0 Å². The average molecular weight is 540 g/mol. The van der Waals surface area contributed by atoms with E-state index in [-0.39, 0.29) is 29.3 Å². The van der Waals surface area contributed by atoms with Crippen molar-refractivity contribution in [1.82, 2.24) is 14.5 Å². The number of carbonyl (C=O) groups is 2. The van der Waals surface area contributed by atoms with Crippen molar-refractivity contribution in [3.8, 4) is 5.75 Å². The lowest BCUT2D eigenvalue weighted by Gasteiger charge is -2.25. The lowest BCUT2D eigenvalue weighted by atomic mass is 10.0. The Morgan fingerprint density at radius 3 is 2.38 bits per heavy atom. The van der Waals surface area contributed by atoms with Gasteiger partial charge in [-0.25, -0.2) is 0 Å². The highest BCUT2D eigenvalue weighted by atomic mass is 16.5. The van der Waals surface area contributed by atoms with Crippen LogP contribution in [0.15, 0.2) is 59.7 Å². The molecule has 8 nitrogen and oxygen atoms in total. The van der Waals surface area contributed by atoms with Crippen molar-refractivity contribution in [2.24, 2.45) is 13.0 Å². The number of imide groups is 1. The van der Waals surface area contributed by atoms with Gasteiger partial charge >= 0.3 is 0 Å². The van der Waals surface area contributed by atoms with E-state index in [1.807, 2.05) is 52.0 Å². The van der Waals surface area contributed by atoms with Crippen molar-refractivity contribution >= 4 is 39.6 Å². The zero-order chi connectivity index (χ0) is 28.6. The Balaban J connectivity index is 1.42. The van der Waals surface area contributed by atoms with Crippen LogP contribution in [-0.2, 0) is 11.8 Å². The second kappa shape index (κ2) is 11.0. The van der Waals surface area contributed by atoms with Crippen LogP contribution in [0.4, 0.5) is 0 Å². The Hall–Kier alpha value is -4.46. The first-order chi connectivity index (χ1) is 19.2. The highest BCUT2D eigenvalue weighted by Crippen LogP contribution is 2.32. The largest absolute Gasteiger partial charge is 0.501 e. The lowest BCUT2D eigenvalue weighted by Crippen LogP contribution is -2.39. The number of hydrogen-bond donors (Lipinski definition) is 0. The molecular weight excluding hydrogens is 506 g/mol. The molecule has 0 aliphatic carbocycles. The van der Waals surface area contributed by atoms with Crippen LogP contribution in [0.25, 0.3) is 27.8 Å². The van der Waals surface area contributed by atoms with E-state index in [1.54, 1.807) is 48.3 Å². The van der Waals surface area contributed by atoms with Crippen LogP contribution in [-0.4, -0.2) is 45.5 Å². The highest BCUT2D eigenvalue weighted by Gasteiger charge is 2.38. The molecule has 2 aromatic heterocycles. The number of benzene rings is 2. The Morgan fingerprint density at radius 1 is 1.00 bits per heavy atom. The molecule has 1 aliphatic heterocycles. The summed E-state index contributed by atoms with van der Waals surface area (Å²) in [5.41, 5.74) is 3.05. The SMILES string of the molecule is CCOC=Cc1cc2c3ccnc(C)c3c(=O)n(C)c2cc1OCC(C)CC(C)N1C(=O)c2ccccc2C1=O. The van der Waals surface area contributed by atoms with E-state index >= 15 is 0 Å². The molecule has 0 saturated heterocycles. The van der Waals surface area contributed by atoms with E-state index < -0.39 is 0 Å². The van der Waals surface area contributed by atoms with Gasteiger partial charge in [-0.05, 0) is 68.8 Å². The first-order valence-corrected chi connectivity index (χ1v) is 13.5. The molecule has 0 spiro atoms. The van der Waals surface area contributed by atoms with Crippen molar-refractivity contribution in [2.45, 2.75) is 40.2 Å². The molecule has 3 heterocycles. The Kier molecular flexibility index (Phi) is 7.43. The van der Waals surface area contributed by atoms with Crippen LogP contribution < -0.4 is 10.3 Å². The number of aromatic nitrogens is 2. The van der Waals surface area contributed by atoms with Crippen LogP contribution in [0, 0.1) is 12.8 Å². The van der Waals surface area contributed by atoms with E-state index in [2.05, 4.69) is 4.98 Å². The second-order valence-corrected chi connectivity index (χ2v) is 10.4. The second-order valence-electron chi connectivity index (χ2n) is 10.4. The van der Waals surface area contributed by atoms with E-state index in [0.717, 1.165) is 21.9 Å². The molecule has 0 N–H and O–H groups in total. The third kappa shape index (κ3) is 4.74. The summed E-state index contributed by atoms with van der Waals surface area (Å²) in [4.78, 5) is 44.7. The molecule has 206 valence electrons. The summed E-state index contributed by atoms with van der Waals surface area (Å²) in [6.07, 6.45) is 5.79. The molecule has 4 aromatic rings. The molecule has 0 radical (unpaired) electrons. The fraction of sp³-hybridized carbons (Fsp3) is 0.312. The molecule has 0 bridgehead atoms. The standard InChI is InChI=1S/C32H33N3O5/c1-6-39-14-12-22-16-26-23-11-13-33-21(4)29(23)32(38)34(5)27(26)17-28(22)40-18-19(2)15-20(3)35-30(36)24-9-7-8-10-25(24)31(35)37/h7-14,16-17,19-20H,6,15,18H2,1-5H3. The third-order valence-electron chi connectivity index (χ3n) is 7.48. The van der Waals surface area contributed by atoms with Gasteiger partial charge < -0.3 is 14.0 Å². The molecule has 0 saturated carbocycles. The van der Waals surface area contributed by atoms with Crippen molar-refractivity contribution in [2.75, 3.05) is 13.2 Å². The fourth-order valence-corrected chi connectivity index (χ4v) is 5.49. The normalized spacial score (nSPS) is 14.8. The molecule has 2 amide bonds. The van der Waals surface area contributed by atoms with Gasteiger partial charge in [0.05, 0.1) is 47.2 Å². The summed E-state index contributed by atoms with van der Waals surface area (Å²) in [6.45, 7) is 8.58. The minimum absolute atomic E-state index is 0.0351. The van der Waals surface area contributed by atoms with Gasteiger partial charge in [-0.1, -0.05) is 19.1 Å². The monoisotopic (exact) mass is 539 g/mol. The van der Waals surface area contributed by atoms with Gasteiger partial charge in [0.15, 0.2) is 0 Å². The quantitative estimate of drug-likeness (QED) is 0.159. The van der Waals surface area contributed by atoms with Gasteiger partial charge in [0.2, 0.25) is 0 Å². The minimum atomic E-state index is -0.288. The molecule has 1 aliphatic rings. The predicted molar refractivity (Wildman–Crippen MR) is 156 cm³/mol. The minimum Gasteiger partial charge on any atom is -0.501 e. The number of ether oxygens (including phenoxy) is 2. The van der Waals surface area contributed by atoms with Crippen molar-refractivity contribution in [3.63, 3.8) is 0 Å². The van der Waals surface area contributed by atoms with Crippen molar-refractivity contribution < 1.29 is 19.1 Å². The third-order valence-corrected chi connectivity index (χ3v) is 7.48. The van der Waals surface area contributed by atoms with Gasteiger partial charge in [0.1, 0.15) is 5.75 Å². The fourth-order valence-electron chi connectivity index (χ4n) is 5.49. The summed E-state index contributed by atoms with van der Waals surface area (Å²) < 4.78 is 13.4. The van der Waals surface area contributed by atoms with Crippen LogP contribution in [0.5, 0.6) is 5.75 Å². The van der Waals surface area contributed by atoms with Crippen LogP contribution >= 0.6 is 0 Å². The molecule has 40 heavy (non-hydrogen) atoms. The number of fused-ring (bicyclic) bond motifs is 4. The Morgan fingerprint density at radius 2 is 1.70 bits per heavy atom. The van der Waals surface area contributed by atoms with Gasteiger partial charge in [-0.15, -0.1) is 0 Å². The average Bonchev–Trinajstić information content (AvgIpc) is 3.20. The number of pyridine rings is 2. The first kappa shape index (κ1) is 27.1. The lowest BCUT2D eigenvalue weighted by molar-refractivity contribution is 0.0571. The van der Waals surface area contributed by atoms with Gasteiger partial charge in [-0.3, -0.25) is 24.3 Å². The van der Waals surface area contributed by atoms with E-state index in [1.165, 1.54) is 4.90 Å². The molecular formula is C32H33N3O5. The maximum absolute atomic E-state index is 13.2. The van der Waals surface area contributed by atoms with E-state index in [4.69, 9.17) is 9.47 Å². The molecule has 8 heteroatoms. The number of hydrogen-bond acceptors (Lipinski definition) is 6. The number of aryl methyl sites for hydroxylation is 2. The Labute approximate surface area is 232 Å². The molecule has 2 unspecified atom stereocenters. The number of rotatable bonds is 9. The summed E-state index contributed by atoms with van der Waals surface area (Å²) in [7, 11) is 1.75. The zero-order valence-electron chi connectivity index (χ0n) is 23.4. The van der Waals surface area contributed by atoms with E-state index in [0.29, 0.717) is 47.6 Å². The molecule has 0 fully saturated rings. The van der Waals surface area contributed by atoms with E-state index in [9.17, 15) is 14.4 Å². The first-order valence-electron chi connectivity index (χ1n) is 13.5. The number of carbonyl (C=O) groups excluding carboxylic acids is 2.